The van der Waals surface area contributed by atoms with Gasteiger partial charge < -0.3 is 23.7 Å². The maximum atomic E-state index is 6.21. The van der Waals surface area contributed by atoms with Crippen molar-refractivity contribution in [3.63, 3.8) is 0 Å². The molecule has 0 N–H and O–H groups in total. The van der Waals surface area contributed by atoms with E-state index >= 15 is 0 Å². The van der Waals surface area contributed by atoms with Crippen LogP contribution in [-0.2, 0) is 23.7 Å². The van der Waals surface area contributed by atoms with Crippen molar-refractivity contribution in [3.8, 4) is 0 Å². The van der Waals surface area contributed by atoms with Crippen LogP contribution in [0.25, 0.3) is 0 Å². The lowest BCUT2D eigenvalue weighted by Crippen LogP contribution is -2.28. The molecule has 0 aliphatic heterocycles. The lowest BCUT2D eigenvalue weighted by molar-refractivity contribution is -0.0530. The highest BCUT2D eigenvalue weighted by Crippen LogP contribution is 2.34. The van der Waals surface area contributed by atoms with E-state index in [2.05, 4.69) is 38.1 Å². The van der Waals surface area contributed by atoms with E-state index in [0.717, 1.165) is 97.2 Å². The van der Waals surface area contributed by atoms with E-state index < -0.39 is 0 Å². The van der Waals surface area contributed by atoms with Crippen LogP contribution in [0.2, 0.25) is 0 Å². The van der Waals surface area contributed by atoms with Crippen LogP contribution in [0.3, 0.4) is 0 Å². The number of hydrogen-bond acceptors (Lipinski definition) is 5. The van der Waals surface area contributed by atoms with Gasteiger partial charge in [-0.3, -0.25) is 0 Å². The first-order valence-electron chi connectivity index (χ1n) is 18.3. The summed E-state index contributed by atoms with van der Waals surface area (Å²) in [4.78, 5) is 0. The van der Waals surface area contributed by atoms with Gasteiger partial charge in [-0.25, -0.2) is 0 Å². The fraction of sp³-hybridized carbons (Fsp3) is 0.842. The van der Waals surface area contributed by atoms with Crippen LogP contribution in [0.1, 0.15) is 146 Å². The molecule has 0 amide bonds. The van der Waals surface area contributed by atoms with Crippen molar-refractivity contribution in [2.24, 2.45) is 0 Å². The van der Waals surface area contributed by atoms with Crippen molar-refractivity contribution in [2.45, 2.75) is 172 Å². The molecule has 0 saturated heterocycles. The summed E-state index contributed by atoms with van der Waals surface area (Å²) < 4.78 is 30.9. The van der Waals surface area contributed by atoms with E-state index in [1.54, 1.807) is 0 Å². The molecule has 0 atom stereocenters. The molecule has 3 fully saturated rings. The average Bonchev–Trinajstić information content (AvgIpc) is 3.04. The average molecular weight is 601 g/mol. The summed E-state index contributed by atoms with van der Waals surface area (Å²) >= 11 is 0. The molecular weight excluding hydrogens is 536 g/mol. The first-order chi connectivity index (χ1) is 21.2. The normalized spacial score (nSPS) is 28.2. The summed E-state index contributed by atoms with van der Waals surface area (Å²) in [5.41, 5.74) is 2.85. The number of rotatable bonds is 20. The Kier molecular flexibility index (Phi) is 17.0. The van der Waals surface area contributed by atoms with Gasteiger partial charge in [0, 0.05) is 33.0 Å². The molecule has 43 heavy (non-hydrogen) atoms. The molecule has 0 unspecified atom stereocenters. The topological polar surface area (TPSA) is 46.2 Å². The molecule has 3 aliphatic rings. The zero-order valence-corrected chi connectivity index (χ0v) is 27.8. The Morgan fingerprint density at radius 3 is 1.19 bits per heavy atom. The van der Waals surface area contributed by atoms with Gasteiger partial charge in [0.1, 0.15) is 0 Å². The first-order valence-corrected chi connectivity index (χ1v) is 18.3. The highest BCUT2D eigenvalue weighted by molar-refractivity contribution is 5.24. The van der Waals surface area contributed by atoms with Gasteiger partial charge in [0.15, 0.2) is 0 Å². The van der Waals surface area contributed by atoms with E-state index in [1.807, 2.05) is 0 Å². The van der Waals surface area contributed by atoms with Crippen molar-refractivity contribution in [1.82, 2.24) is 0 Å². The molecule has 3 saturated carbocycles. The molecule has 4 rings (SSSR count). The second kappa shape index (κ2) is 20.9. The first kappa shape index (κ1) is 34.9. The molecule has 0 heterocycles. The third-order valence-corrected chi connectivity index (χ3v) is 10.1. The lowest BCUT2D eigenvalue weighted by atomic mass is 9.82. The maximum absolute atomic E-state index is 6.21. The molecule has 1 aromatic carbocycles. The minimum Gasteiger partial charge on any atom is -0.378 e. The molecule has 3 aliphatic carbocycles. The number of ether oxygens (including phenoxy) is 5. The van der Waals surface area contributed by atoms with Gasteiger partial charge in [-0.05, 0) is 115 Å². The number of aryl methyl sites for hydroxylation is 1. The molecule has 246 valence electrons. The Balaban J connectivity index is 0.910. The lowest BCUT2D eigenvalue weighted by Gasteiger charge is -2.30. The van der Waals surface area contributed by atoms with Gasteiger partial charge in [0.05, 0.1) is 30.5 Å². The van der Waals surface area contributed by atoms with Crippen LogP contribution < -0.4 is 0 Å². The van der Waals surface area contributed by atoms with Gasteiger partial charge in [-0.15, -0.1) is 0 Å². The SMILES string of the molecule is CCCCCCCOC1CCC(OCCCOC2CCC(OCCCOC3CCC(c4ccc(C)cc4)CC3)CC2)CC1. The van der Waals surface area contributed by atoms with Crippen molar-refractivity contribution < 1.29 is 23.7 Å². The minimum absolute atomic E-state index is 0.396. The minimum atomic E-state index is 0.396. The largest absolute Gasteiger partial charge is 0.378 e. The molecule has 5 heteroatoms. The van der Waals surface area contributed by atoms with Crippen molar-refractivity contribution in [3.05, 3.63) is 35.4 Å². The van der Waals surface area contributed by atoms with E-state index in [9.17, 15) is 0 Å². The van der Waals surface area contributed by atoms with E-state index in [0.29, 0.717) is 36.4 Å². The van der Waals surface area contributed by atoms with Gasteiger partial charge in [0.25, 0.3) is 0 Å². The Morgan fingerprint density at radius 1 is 0.442 bits per heavy atom. The predicted molar refractivity (Wildman–Crippen MR) is 176 cm³/mol. The number of hydrogen-bond donors (Lipinski definition) is 0. The summed E-state index contributed by atoms with van der Waals surface area (Å²) in [5.74, 6) is 0.710. The van der Waals surface area contributed by atoms with Gasteiger partial charge in [-0.2, -0.15) is 0 Å². The fourth-order valence-corrected chi connectivity index (χ4v) is 7.21. The predicted octanol–water partition coefficient (Wildman–Crippen LogP) is 9.48. The number of benzene rings is 1. The van der Waals surface area contributed by atoms with Crippen molar-refractivity contribution in [2.75, 3.05) is 33.0 Å². The zero-order chi connectivity index (χ0) is 30.0. The van der Waals surface area contributed by atoms with Gasteiger partial charge in [0.2, 0.25) is 0 Å². The Hall–Kier alpha value is -0.980. The second-order valence-corrected chi connectivity index (χ2v) is 13.7. The molecule has 5 nitrogen and oxygen atoms in total. The number of unbranched alkanes of at least 4 members (excludes halogenated alkanes) is 4. The maximum Gasteiger partial charge on any atom is 0.0577 e. The molecule has 0 radical (unpaired) electrons. The van der Waals surface area contributed by atoms with Crippen LogP contribution in [0, 0.1) is 6.92 Å². The standard InChI is InChI=1S/C38H64O5/c1-3-4-5-6-7-26-39-35-18-20-36(21-19-35)42-29-9-30-43-38-24-22-37(23-25-38)41-28-8-27-40-34-16-14-33(15-17-34)32-12-10-31(2)11-13-32/h10-13,33-38H,3-9,14-30H2,1-2H3. The van der Waals surface area contributed by atoms with Crippen LogP contribution in [0.15, 0.2) is 24.3 Å². The molecule has 0 bridgehead atoms. The van der Waals surface area contributed by atoms with Crippen LogP contribution in [0.5, 0.6) is 0 Å². The van der Waals surface area contributed by atoms with E-state index in [-0.39, 0.29) is 0 Å². The zero-order valence-electron chi connectivity index (χ0n) is 27.8. The van der Waals surface area contributed by atoms with Crippen LogP contribution in [-0.4, -0.2) is 63.6 Å². The fourth-order valence-electron chi connectivity index (χ4n) is 7.21. The summed E-state index contributed by atoms with van der Waals surface area (Å²) in [6.45, 7) is 8.66. The quantitative estimate of drug-likeness (QED) is 0.140. The summed E-state index contributed by atoms with van der Waals surface area (Å²) in [6, 6.07) is 9.11. The highest BCUT2D eigenvalue weighted by Gasteiger charge is 2.25. The van der Waals surface area contributed by atoms with E-state index in [4.69, 9.17) is 23.7 Å². The second-order valence-electron chi connectivity index (χ2n) is 13.7. The van der Waals surface area contributed by atoms with Gasteiger partial charge in [-0.1, -0.05) is 62.4 Å². The Labute approximate surface area is 264 Å². The van der Waals surface area contributed by atoms with Crippen LogP contribution in [0.4, 0.5) is 0 Å². The van der Waals surface area contributed by atoms with E-state index in [1.165, 1.54) is 68.9 Å². The summed E-state index contributed by atoms with van der Waals surface area (Å²) in [6.07, 6.45) is 24.6. The molecular formula is C38H64O5. The molecule has 0 aromatic heterocycles. The Morgan fingerprint density at radius 2 is 0.791 bits per heavy atom. The monoisotopic (exact) mass is 600 g/mol. The smallest absolute Gasteiger partial charge is 0.0577 e. The summed E-state index contributed by atoms with van der Waals surface area (Å²) in [7, 11) is 0. The van der Waals surface area contributed by atoms with Crippen molar-refractivity contribution in [1.29, 1.82) is 0 Å². The molecule has 0 spiro atoms. The summed E-state index contributed by atoms with van der Waals surface area (Å²) in [5, 5.41) is 0. The van der Waals surface area contributed by atoms with Gasteiger partial charge >= 0.3 is 0 Å². The third kappa shape index (κ3) is 13.9. The van der Waals surface area contributed by atoms with Crippen LogP contribution >= 0.6 is 0 Å². The van der Waals surface area contributed by atoms with Crippen molar-refractivity contribution >= 4 is 0 Å². The highest BCUT2D eigenvalue weighted by atomic mass is 16.5. The third-order valence-electron chi connectivity index (χ3n) is 10.1. The Bertz CT molecular complexity index is 804. The molecule has 1 aromatic rings.